The summed E-state index contributed by atoms with van der Waals surface area (Å²) in [5, 5.41) is 26.1. The average Bonchev–Trinajstić information content (AvgIpc) is 3.33. The molecule has 1 amide bonds. The van der Waals surface area contributed by atoms with Crippen molar-refractivity contribution in [3.8, 4) is 0 Å². The molecule has 1 saturated carbocycles. The molecule has 0 saturated heterocycles. The predicted octanol–water partition coefficient (Wildman–Crippen LogP) is 2.84. The van der Waals surface area contributed by atoms with Crippen LogP contribution in [0.5, 0.6) is 0 Å². The third-order valence-corrected chi connectivity index (χ3v) is 5.72. The van der Waals surface area contributed by atoms with Gasteiger partial charge in [0.25, 0.3) is 5.91 Å². The van der Waals surface area contributed by atoms with E-state index >= 15 is 0 Å². The van der Waals surface area contributed by atoms with E-state index in [-0.39, 0.29) is 17.9 Å². The highest BCUT2D eigenvalue weighted by Gasteiger charge is 2.25. The molecule has 3 heterocycles. The van der Waals surface area contributed by atoms with E-state index in [0.717, 1.165) is 25.7 Å². The first kappa shape index (κ1) is 19.6. The van der Waals surface area contributed by atoms with Gasteiger partial charge < -0.3 is 10.4 Å². The van der Waals surface area contributed by atoms with Crippen LogP contribution in [0.4, 0.5) is 0 Å². The van der Waals surface area contributed by atoms with E-state index in [1.54, 1.807) is 22.7 Å². The van der Waals surface area contributed by atoms with Crippen LogP contribution in [-0.4, -0.2) is 41.4 Å². The second kappa shape index (κ2) is 7.94. The molecular weight excluding hydrogens is 368 g/mol. The number of amides is 1. The number of carbonyl (C=O) groups excluding carboxylic acids is 1. The summed E-state index contributed by atoms with van der Waals surface area (Å²) < 4.78 is 3.76. The number of fused-ring (bicyclic) bond motifs is 1. The molecule has 3 aromatic heterocycles. The summed E-state index contributed by atoms with van der Waals surface area (Å²) in [7, 11) is 0. The minimum absolute atomic E-state index is 0.00800. The number of nitrogens with zero attached hydrogens (tertiary/aromatic N) is 5. The number of carbonyl (C=O) groups is 1. The van der Waals surface area contributed by atoms with Crippen LogP contribution >= 0.6 is 0 Å². The van der Waals surface area contributed by atoms with Gasteiger partial charge in [-0.3, -0.25) is 13.9 Å². The van der Waals surface area contributed by atoms with Gasteiger partial charge in [-0.1, -0.05) is 13.8 Å². The number of hydrogen-bond acceptors (Lipinski definition) is 5. The minimum atomic E-state index is -0.732. The SMILES string of the molecule is Cc1cnn(C2CCC(NC(=O)c3ccc4nnc(C(O)C(C)C)n4c3)CC2)c1. The first-order valence-corrected chi connectivity index (χ1v) is 10.3. The second-order valence-electron chi connectivity index (χ2n) is 8.37. The fourth-order valence-electron chi connectivity index (χ4n) is 3.93. The Morgan fingerprint density at radius 1 is 1.17 bits per heavy atom. The monoisotopic (exact) mass is 396 g/mol. The van der Waals surface area contributed by atoms with E-state index in [2.05, 4.69) is 31.5 Å². The zero-order valence-corrected chi connectivity index (χ0v) is 17.1. The number of rotatable bonds is 5. The van der Waals surface area contributed by atoms with Crippen LogP contribution < -0.4 is 5.32 Å². The van der Waals surface area contributed by atoms with E-state index < -0.39 is 6.10 Å². The van der Waals surface area contributed by atoms with Gasteiger partial charge in [-0.15, -0.1) is 10.2 Å². The van der Waals surface area contributed by atoms with Crippen LogP contribution in [0.2, 0.25) is 0 Å². The fourth-order valence-corrected chi connectivity index (χ4v) is 3.93. The quantitative estimate of drug-likeness (QED) is 0.691. The van der Waals surface area contributed by atoms with Crippen molar-refractivity contribution in [3.05, 3.63) is 47.7 Å². The first-order chi connectivity index (χ1) is 13.9. The fraction of sp³-hybridized carbons (Fsp3) is 0.524. The van der Waals surface area contributed by atoms with Gasteiger partial charge in [-0.25, -0.2) is 0 Å². The van der Waals surface area contributed by atoms with E-state index in [9.17, 15) is 9.90 Å². The lowest BCUT2D eigenvalue weighted by Crippen LogP contribution is -2.38. The molecular formula is C21H28N6O2. The minimum Gasteiger partial charge on any atom is -0.385 e. The molecule has 1 aliphatic rings. The Bertz CT molecular complexity index is 1000. The van der Waals surface area contributed by atoms with Crippen LogP contribution in [0.25, 0.3) is 5.65 Å². The Morgan fingerprint density at radius 2 is 1.93 bits per heavy atom. The first-order valence-electron chi connectivity index (χ1n) is 10.3. The smallest absolute Gasteiger partial charge is 0.252 e. The lowest BCUT2D eigenvalue weighted by atomic mass is 9.91. The van der Waals surface area contributed by atoms with Crippen molar-refractivity contribution < 1.29 is 9.90 Å². The standard InChI is InChI=1S/C21H28N6O2/c1-13(2)19(28)20-25-24-18-9-4-15(12-26(18)20)21(29)23-16-5-7-17(8-6-16)27-11-14(3)10-22-27/h4,9-13,16-17,19,28H,5-8H2,1-3H3,(H,23,29). The third-order valence-electron chi connectivity index (χ3n) is 5.72. The van der Waals surface area contributed by atoms with Gasteiger partial charge in [0.2, 0.25) is 0 Å². The topological polar surface area (TPSA) is 97.3 Å². The molecule has 0 spiro atoms. The van der Waals surface area contributed by atoms with Crippen LogP contribution in [0.3, 0.4) is 0 Å². The lowest BCUT2D eigenvalue weighted by molar-refractivity contribution is 0.0920. The van der Waals surface area contributed by atoms with Crippen molar-refractivity contribution in [2.24, 2.45) is 5.92 Å². The highest BCUT2D eigenvalue weighted by Crippen LogP contribution is 2.28. The van der Waals surface area contributed by atoms with Crippen molar-refractivity contribution in [3.63, 3.8) is 0 Å². The summed E-state index contributed by atoms with van der Waals surface area (Å²) in [6.45, 7) is 5.89. The molecule has 0 aromatic carbocycles. The van der Waals surface area contributed by atoms with Gasteiger partial charge in [0.15, 0.2) is 11.5 Å². The average molecular weight is 396 g/mol. The largest absolute Gasteiger partial charge is 0.385 e. The summed E-state index contributed by atoms with van der Waals surface area (Å²) in [5.41, 5.74) is 2.33. The number of aliphatic hydroxyl groups is 1. The maximum atomic E-state index is 12.8. The Morgan fingerprint density at radius 3 is 2.59 bits per heavy atom. The van der Waals surface area contributed by atoms with Crippen molar-refractivity contribution >= 4 is 11.6 Å². The number of aliphatic hydroxyl groups excluding tert-OH is 1. The molecule has 1 fully saturated rings. The second-order valence-corrected chi connectivity index (χ2v) is 8.37. The van der Waals surface area contributed by atoms with E-state index in [1.807, 2.05) is 27.0 Å². The number of aromatic nitrogens is 5. The predicted molar refractivity (Wildman–Crippen MR) is 109 cm³/mol. The van der Waals surface area contributed by atoms with Crippen molar-refractivity contribution in [2.45, 2.75) is 64.6 Å². The molecule has 4 rings (SSSR count). The number of hydrogen-bond donors (Lipinski definition) is 2. The highest BCUT2D eigenvalue weighted by molar-refractivity contribution is 5.94. The normalized spacial score (nSPS) is 20.9. The van der Waals surface area contributed by atoms with Crippen LogP contribution in [0.1, 0.15) is 73.4 Å². The molecule has 0 aliphatic heterocycles. The van der Waals surface area contributed by atoms with Crippen molar-refractivity contribution in [1.29, 1.82) is 0 Å². The van der Waals surface area contributed by atoms with Gasteiger partial charge in [0, 0.05) is 18.4 Å². The van der Waals surface area contributed by atoms with Crippen LogP contribution in [0.15, 0.2) is 30.7 Å². The van der Waals surface area contributed by atoms with Gasteiger partial charge in [-0.05, 0) is 56.2 Å². The molecule has 0 bridgehead atoms. The Kier molecular flexibility index (Phi) is 5.36. The Balaban J connectivity index is 1.42. The number of aryl methyl sites for hydroxylation is 1. The van der Waals surface area contributed by atoms with E-state index in [1.165, 1.54) is 5.56 Å². The Hall–Kier alpha value is -2.74. The molecule has 154 valence electrons. The molecule has 1 aliphatic carbocycles. The lowest BCUT2D eigenvalue weighted by Gasteiger charge is -2.29. The summed E-state index contributed by atoms with van der Waals surface area (Å²) in [5.74, 6) is 0.359. The zero-order valence-electron chi connectivity index (χ0n) is 17.1. The maximum Gasteiger partial charge on any atom is 0.252 e. The highest BCUT2D eigenvalue weighted by atomic mass is 16.3. The molecule has 0 radical (unpaired) electrons. The zero-order chi connectivity index (χ0) is 20.5. The number of nitrogens with one attached hydrogen (secondary N) is 1. The molecule has 2 N–H and O–H groups in total. The van der Waals surface area contributed by atoms with Gasteiger partial charge in [0.05, 0.1) is 17.8 Å². The molecule has 1 atom stereocenters. The number of pyridine rings is 1. The van der Waals surface area contributed by atoms with Crippen molar-refractivity contribution in [1.82, 2.24) is 29.7 Å². The van der Waals surface area contributed by atoms with E-state index in [0.29, 0.717) is 23.1 Å². The van der Waals surface area contributed by atoms with Crippen LogP contribution in [0, 0.1) is 12.8 Å². The summed E-state index contributed by atoms with van der Waals surface area (Å²) in [4.78, 5) is 12.8. The Labute approximate surface area is 170 Å². The molecule has 1 unspecified atom stereocenters. The molecule has 3 aromatic rings. The molecule has 29 heavy (non-hydrogen) atoms. The third kappa shape index (κ3) is 4.03. The maximum absolute atomic E-state index is 12.8. The van der Waals surface area contributed by atoms with Gasteiger partial charge in [0.1, 0.15) is 6.10 Å². The van der Waals surface area contributed by atoms with Gasteiger partial charge >= 0.3 is 0 Å². The molecule has 8 nitrogen and oxygen atoms in total. The summed E-state index contributed by atoms with van der Waals surface area (Å²) in [6.07, 6.45) is 8.82. The summed E-state index contributed by atoms with van der Waals surface area (Å²) >= 11 is 0. The summed E-state index contributed by atoms with van der Waals surface area (Å²) in [6, 6.07) is 4.08. The van der Waals surface area contributed by atoms with E-state index in [4.69, 9.17) is 0 Å². The van der Waals surface area contributed by atoms with Crippen molar-refractivity contribution in [2.75, 3.05) is 0 Å². The molecule has 8 heteroatoms. The van der Waals surface area contributed by atoms with Gasteiger partial charge in [-0.2, -0.15) is 5.10 Å². The van der Waals surface area contributed by atoms with Crippen LogP contribution in [-0.2, 0) is 0 Å².